The molecule has 0 aliphatic heterocycles. The van der Waals surface area contributed by atoms with Crippen molar-refractivity contribution in [2.45, 2.75) is 26.7 Å². The van der Waals surface area contributed by atoms with Gasteiger partial charge in [0, 0.05) is 11.1 Å². The van der Waals surface area contributed by atoms with E-state index in [2.05, 4.69) is 62.1 Å². The van der Waals surface area contributed by atoms with E-state index in [1.807, 2.05) is 18.2 Å². The summed E-state index contributed by atoms with van der Waals surface area (Å²) in [5.41, 5.74) is 6.51. The Bertz CT molecular complexity index is 722. The van der Waals surface area contributed by atoms with Crippen molar-refractivity contribution in [1.82, 2.24) is 0 Å². The molecular formula is C21H20. The number of rotatable bonds is 2. The first kappa shape index (κ1) is 13.7. The molecule has 3 rings (SSSR count). The average Bonchev–Trinajstić information content (AvgIpc) is 2.88. The number of fused-ring (bicyclic) bond motifs is 1. The predicted octanol–water partition coefficient (Wildman–Crippen LogP) is 5.07. The van der Waals surface area contributed by atoms with Crippen LogP contribution in [0, 0.1) is 17.8 Å². The normalized spacial score (nSPS) is 12.6. The summed E-state index contributed by atoms with van der Waals surface area (Å²) in [7, 11) is 0. The highest BCUT2D eigenvalue weighted by Gasteiger charge is 2.15. The summed E-state index contributed by atoms with van der Waals surface area (Å²) in [6, 6.07) is 16.7. The highest BCUT2D eigenvalue weighted by Crippen LogP contribution is 2.30. The van der Waals surface area contributed by atoms with Gasteiger partial charge in [0.05, 0.1) is 0 Å². The maximum atomic E-state index is 3.34. The molecular weight excluding hydrogens is 252 g/mol. The Morgan fingerprint density at radius 2 is 1.76 bits per heavy atom. The molecule has 0 aromatic heterocycles. The smallest absolute Gasteiger partial charge is 0.0324 e. The largest absolute Gasteiger partial charge is 0.0649 e. The molecule has 0 N–H and O–H groups in total. The topological polar surface area (TPSA) is 0 Å². The van der Waals surface area contributed by atoms with E-state index in [0.717, 1.165) is 17.5 Å². The van der Waals surface area contributed by atoms with Crippen LogP contribution < -0.4 is 0 Å². The van der Waals surface area contributed by atoms with E-state index in [0.29, 0.717) is 5.92 Å². The lowest BCUT2D eigenvalue weighted by Crippen LogP contribution is -1.91. The van der Waals surface area contributed by atoms with Crippen molar-refractivity contribution >= 4 is 6.08 Å². The van der Waals surface area contributed by atoms with E-state index in [1.165, 1.54) is 23.1 Å². The Balaban J connectivity index is 1.91. The van der Waals surface area contributed by atoms with Crippen LogP contribution >= 0.6 is 0 Å². The lowest BCUT2D eigenvalue weighted by Gasteiger charge is -2.04. The van der Waals surface area contributed by atoms with Gasteiger partial charge in [-0.2, -0.15) is 0 Å². The van der Waals surface area contributed by atoms with E-state index in [9.17, 15) is 0 Å². The second-order valence-corrected chi connectivity index (χ2v) is 6.07. The van der Waals surface area contributed by atoms with Crippen molar-refractivity contribution in [1.29, 1.82) is 0 Å². The third-order valence-corrected chi connectivity index (χ3v) is 3.75. The molecule has 0 heterocycles. The molecule has 21 heavy (non-hydrogen) atoms. The monoisotopic (exact) mass is 272 g/mol. The van der Waals surface area contributed by atoms with Crippen LogP contribution in [0.1, 0.15) is 42.5 Å². The molecule has 0 saturated carbocycles. The van der Waals surface area contributed by atoms with E-state index >= 15 is 0 Å². The first-order valence-electron chi connectivity index (χ1n) is 7.61. The lowest BCUT2D eigenvalue weighted by atomic mass is 10.0. The molecule has 0 saturated heterocycles. The lowest BCUT2D eigenvalue weighted by molar-refractivity contribution is 0.638. The highest BCUT2D eigenvalue weighted by molar-refractivity contribution is 5.70. The molecule has 0 heteroatoms. The second kappa shape index (κ2) is 6.02. The summed E-state index contributed by atoms with van der Waals surface area (Å²) in [6.07, 6.45) is 4.62. The summed E-state index contributed by atoms with van der Waals surface area (Å²) in [6.45, 7) is 4.56. The molecule has 1 aliphatic rings. The van der Waals surface area contributed by atoms with Gasteiger partial charge in [-0.1, -0.05) is 67.7 Å². The quantitative estimate of drug-likeness (QED) is 0.669. The van der Waals surface area contributed by atoms with E-state index in [-0.39, 0.29) is 0 Å². The van der Waals surface area contributed by atoms with Crippen molar-refractivity contribution in [2.24, 2.45) is 5.92 Å². The summed E-state index contributed by atoms with van der Waals surface area (Å²) in [5.74, 6) is 7.32. The van der Waals surface area contributed by atoms with Crippen molar-refractivity contribution in [2.75, 3.05) is 0 Å². The maximum absolute atomic E-state index is 3.34. The molecule has 0 amide bonds. The Kier molecular flexibility index (Phi) is 3.93. The summed E-state index contributed by atoms with van der Waals surface area (Å²) >= 11 is 0. The minimum atomic E-state index is 0.712. The minimum absolute atomic E-state index is 0.712. The first-order valence-corrected chi connectivity index (χ1v) is 7.61. The van der Waals surface area contributed by atoms with E-state index in [1.54, 1.807) is 0 Å². The highest BCUT2D eigenvalue weighted by atomic mass is 14.2. The average molecular weight is 272 g/mol. The molecule has 0 nitrogen and oxygen atoms in total. The molecule has 0 spiro atoms. The molecule has 0 radical (unpaired) electrons. The van der Waals surface area contributed by atoms with Crippen LogP contribution in [0.5, 0.6) is 0 Å². The van der Waals surface area contributed by atoms with Crippen LogP contribution in [0.2, 0.25) is 0 Å². The van der Waals surface area contributed by atoms with E-state index < -0.39 is 0 Å². The van der Waals surface area contributed by atoms with Gasteiger partial charge in [-0.05, 0) is 48.1 Å². The zero-order valence-electron chi connectivity index (χ0n) is 12.7. The van der Waals surface area contributed by atoms with Gasteiger partial charge >= 0.3 is 0 Å². The van der Waals surface area contributed by atoms with Crippen LogP contribution in [-0.2, 0) is 6.42 Å². The maximum Gasteiger partial charge on any atom is 0.0324 e. The van der Waals surface area contributed by atoms with Gasteiger partial charge in [-0.15, -0.1) is 0 Å². The van der Waals surface area contributed by atoms with Gasteiger partial charge < -0.3 is 0 Å². The molecule has 1 aliphatic carbocycles. The minimum Gasteiger partial charge on any atom is -0.0649 e. The van der Waals surface area contributed by atoms with Crippen LogP contribution in [0.15, 0.2) is 54.1 Å². The summed E-state index contributed by atoms with van der Waals surface area (Å²) < 4.78 is 0. The molecule has 0 bridgehead atoms. The predicted molar refractivity (Wildman–Crippen MR) is 90.0 cm³/mol. The van der Waals surface area contributed by atoms with Crippen LogP contribution in [0.3, 0.4) is 0 Å². The fourth-order valence-corrected chi connectivity index (χ4v) is 2.86. The van der Waals surface area contributed by atoms with Crippen LogP contribution in [0.25, 0.3) is 6.08 Å². The molecule has 0 unspecified atom stereocenters. The number of hydrogen-bond acceptors (Lipinski definition) is 0. The molecule has 2 aromatic rings. The van der Waals surface area contributed by atoms with Gasteiger partial charge in [0.1, 0.15) is 0 Å². The van der Waals surface area contributed by atoms with Crippen molar-refractivity contribution in [3.05, 3.63) is 76.4 Å². The molecule has 104 valence electrons. The van der Waals surface area contributed by atoms with Crippen molar-refractivity contribution in [3.8, 4) is 11.8 Å². The number of allylic oxidation sites excluding steroid dienone is 1. The third-order valence-electron chi connectivity index (χ3n) is 3.75. The van der Waals surface area contributed by atoms with Gasteiger partial charge in [-0.25, -0.2) is 0 Å². The van der Waals surface area contributed by atoms with Crippen molar-refractivity contribution in [3.63, 3.8) is 0 Å². The summed E-state index contributed by atoms with van der Waals surface area (Å²) in [4.78, 5) is 0. The standard InChI is InChI=1S/C21H20/c1-16(2)13-18-14-20-10-6-9-19(21(20)15-18)12-11-17-7-4-3-5-8-17/h3-10,15-16H,13-14H2,1-2H3. The Hall–Kier alpha value is -2.26. The fraction of sp³-hybridized carbons (Fsp3) is 0.238. The zero-order chi connectivity index (χ0) is 14.7. The molecule has 0 fully saturated rings. The molecule has 0 atom stereocenters. The first-order chi connectivity index (χ1) is 10.2. The van der Waals surface area contributed by atoms with Crippen molar-refractivity contribution < 1.29 is 0 Å². The Morgan fingerprint density at radius 3 is 2.52 bits per heavy atom. The van der Waals surface area contributed by atoms with Gasteiger partial charge in [0.15, 0.2) is 0 Å². The third kappa shape index (κ3) is 3.26. The second-order valence-electron chi connectivity index (χ2n) is 6.07. The van der Waals surface area contributed by atoms with Gasteiger partial charge in [0.25, 0.3) is 0 Å². The SMILES string of the molecule is CC(C)CC1=Cc2c(C#Cc3ccccc3)cccc2C1. The fourth-order valence-electron chi connectivity index (χ4n) is 2.86. The number of hydrogen-bond donors (Lipinski definition) is 0. The zero-order valence-corrected chi connectivity index (χ0v) is 12.7. The van der Waals surface area contributed by atoms with Gasteiger partial charge in [0.2, 0.25) is 0 Å². The van der Waals surface area contributed by atoms with E-state index in [4.69, 9.17) is 0 Å². The number of benzene rings is 2. The summed E-state index contributed by atoms with van der Waals surface area (Å²) in [5, 5.41) is 0. The Morgan fingerprint density at radius 1 is 0.952 bits per heavy atom. The van der Waals surface area contributed by atoms with Crippen LogP contribution in [-0.4, -0.2) is 0 Å². The van der Waals surface area contributed by atoms with Crippen LogP contribution in [0.4, 0.5) is 0 Å². The van der Waals surface area contributed by atoms with Gasteiger partial charge in [-0.3, -0.25) is 0 Å². The Labute approximate surface area is 127 Å². The molecule has 2 aromatic carbocycles.